The molecule has 0 spiro atoms. The average molecular weight is 328 g/mol. The Bertz CT molecular complexity index is 597. The van der Waals surface area contributed by atoms with Crippen LogP contribution in [0.15, 0.2) is 28.2 Å². The number of nitrogens with one attached hydrogen (secondary N) is 1. The van der Waals surface area contributed by atoms with E-state index >= 15 is 0 Å². The largest absolute Gasteiger partial charge is 0.476 e. The molecule has 0 aliphatic carbocycles. The number of halogens is 1. The second kappa shape index (κ2) is 5.23. The van der Waals surface area contributed by atoms with Gasteiger partial charge in [-0.25, -0.2) is 14.8 Å². The zero-order valence-electron chi connectivity index (χ0n) is 8.75. The van der Waals surface area contributed by atoms with E-state index in [4.69, 9.17) is 5.11 Å². The third-order valence-corrected chi connectivity index (χ3v) is 3.20. The lowest BCUT2D eigenvalue weighted by molar-refractivity contribution is 0.0691. The van der Waals surface area contributed by atoms with Gasteiger partial charge in [-0.1, -0.05) is 0 Å². The summed E-state index contributed by atoms with van der Waals surface area (Å²) in [4.78, 5) is 30.0. The summed E-state index contributed by atoms with van der Waals surface area (Å²) in [5, 5.41) is 12.6. The highest BCUT2D eigenvalue weighted by molar-refractivity contribution is 9.10. The van der Waals surface area contributed by atoms with Crippen LogP contribution in [0.25, 0.3) is 0 Å². The molecule has 0 aromatic carbocycles. The topological polar surface area (TPSA) is 92.2 Å². The third-order valence-electron chi connectivity index (χ3n) is 1.89. The Morgan fingerprint density at radius 1 is 1.39 bits per heavy atom. The standard InChI is InChI=1S/C10H6BrN3O3S/c11-5-1-2-7(12-3-5)14-8(15)9-13-6(4-18-9)10(16)17/h1-4H,(H,16,17)(H,12,14,15). The van der Waals surface area contributed by atoms with E-state index in [1.54, 1.807) is 18.3 Å². The molecule has 18 heavy (non-hydrogen) atoms. The number of aromatic carboxylic acids is 1. The van der Waals surface area contributed by atoms with E-state index < -0.39 is 11.9 Å². The number of carbonyl (C=O) groups is 2. The van der Waals surface area contributed by atoms with E-state index in [9.17, 15) is 9.59 Å². The Balaban J connectivity index is 2.11. The van der Waals surface area contributed by atoms with Crippen molar-refractivity contribution in [3.8, 4) is 0 Å². The minimum absolute atomic E-state index is 0.0807. The first-order valence-corrected chi connectivity index (χ1v) is 6.35. The number of pyridine rings is 1. The maximum atomic E-state index is 11.7. The molecule has 0 bridgehead atoms. The molecule has 1 amide bonds. The molecule has 0 aliphatic heterocycles. The number of carbonyl (C=O) groups excluding carboxylic acids is 1. The first kappa shape index (κ1) is 12.7. The Morgan fingerprint density at radius 2 is 2.17 bits per heavy atom. The third kappa shape index (κ3) is 2.90. The summed E-state index contributed by atoms with van der Waals surface area (Å²) < 4.78 is 0.794. The fraction of sp³-hybridized carbons (Fsp3) is 0. The molecule has 2 rings (SSSR count). The van der Waals surface area contributed by atoms with Crippen LogP contribution in [-0.4, -0.2) is 27.0 Å². The highest BCUT2D eigenvalue weighted by Crippen LogP contribution is 2.14. The van der Waals surface area contributed by atoms with Crippen LogP contribution in [0.2, 0.25) is 0 Å². The lowest BCUT2D eigenvalue weighted by atomic mass is 10.4. The molecule has 2 aromatic rings. The van der Waals surface area contributed by atoms with E-state index in [-0.39, 0.29) is 10.7 Å². The van der Waals surface area contributed by atoms with Crippen LogP contribution >= 0.6 is 27.3 Å². The highest BCUT2D eigenvalue weighted by atomic mass is 79.9. The summed E-state index contributed by atoms with van der Waals surface area (Å²) in [6.07, 6.45) is 1.54. The van der Waals surface area contributed by atoms with Crippen molar-refractivity contribution in [1.82, 2.24) is 9.97 Å². The smallest absolute Gasteiger partial charge is 0.355 e. The highest BCUT2D eigenvalue weighted by Gasteiger charge is 2.15. The molecule has 2 heterocycles. The van der Waals surface area contributed by atoms with Gasteiger partial charge in [0.05, 0.1) is 0 Å². The number of carboxylic acid groups (broad SMARTS) is 1. The van der Waals surface area contributed by atoms with Crippen molar-refractivity contribution in [2.75, 3.05) is 5.32 Å². The van der Waals surface area contributed by atoms with Crippen LogP contribution in [0.1, 0.15) is 20.3 Å². The van der Waals surface area contributed by atoms with Crippen LogP contribution in [0.4, 0.5) is 5.82 Å². The van der Waals surface area contributed by atoms with Crippen molar-refractivity contribution < 1.29 is 14.7 Å². The molecule has 0 fully saturated rings. The predicted molar refractivity (Wildman–Crippen MR) is 69.0 cm³/mol. The van der Waals surface area contributed by atoms with Crippen molar-refractivity contribution in [3.63, 3.8) is 0 Å². The summed E-state index contributed by atoms with van der Waals surface area (Å²) >= 11 is 4.19. The summed E-state index contributed by atoms with van der Waals surface area (Å²) in [6, 6.07) is 3.35. The number of hydrogen-bond acceptors (Lipinski definition) is 5. The summed E-state index contributed by atoms with van der Waals surface area (Å²) in [6.45, 7) is 0. The fourth-order valence-corrected chi connectivity index (χ4v) is 2.02. The molecule has 0 saturated heterocycles. The van der Waals surface area contributed by atoms with Gasteiger partial charge < -0.3 is 10.4 Å². The minimum atomic E-state index is -1.16. The van der Waals surface area contributed by atoms with Gasteiger partial charge in [-0.15, -0.1) is 11.3 Å². The van der Waals surface area contributed by atoms with Gasteiger partial charge in [0.1, 0.15) is 5.82 Å². The number of hydrogen-bond donors (Lipinski definition) is 2. The van der Waals surface area contributed by atoms with Gasteiger partial charge in [0.25, 0.3) is 5.91 Å². The Labute approximate surface area is 114 Å². The minimum Gasteiger partial charge on any atom is -0.476 e. The number of carboxylic acids is 1. The molecule has 8 heteroatoms. The van der Waals surface area contributed by atoms with Crippen LogP contribution in [-0.2, 0) is 0 Å². The molecule has 0 aliphatic rings. The van der Waals surface area contributed by atoms with Crippen molar-refractivity contribution in [1.29, 1.82) is 0 Å². The molecule has 6 nitrogen and oxygen atoms in total. The monoisotopic (exact) mass is 327 g/mol. The van der Waals surface area contributed by atoms with Crippen molar-refractivity contribution >= 4 is 45.0 Å². The lowest BCUT2D eigenvalue weighted by Gasteiger charge is -2.01. The van der Waals surface area contributed by atoms with Crippen molar-refractivity contribution in [3.05, 3.63) is 38.9 Å². The number of thiazole rings is 1. The SMILES string of the molecule is O=C(O)c1csc(C(=O)Nc2ccc(Br)cn2)n1. The Morgan fingerprint density at radius 3 is 2.72 bits per heavy atom. The number of nitrogens with zero attached hydrogens (tertiary/aromatic N) is 2. The van der Waals surface area contributed by atoms with E-state index in [1.165, 1.54) is 5.38 Å². The normalized spacial score (nSPS) is 10.1. The van der Waals surface area contributed by atoms with Gasteiger partial charge >= 0.3 is 5.97 Å². The van der Waals surface area contributed by atoms with Crippen LogP contribution in [0.5, 0.6) is 0 Å². The zero-order valence-corrected chi connectivity index (χ0v) is 11.2. The van der Waals surface area contributed by atoms with Gasteiger partial charge in [0.15, 0.2) is 10.7 Å². The van der Waals surface area contributed by atoms with E-state index in [0.29, 0.717) is 5.82 Å². The molecule has 92 valence electrons. The molecule has 0 atom stereocenters. The van der Waals surface area contributed by atoms with Crippen molar-refractivity contribution in [2.45, 2.75) is 0 Å². The second-order valence-electron chi connectivity index (χ2n) is 3.16. The van der Waals surface area contributed by atoms with E-state index in [2.05, 4.69) is 31.2 Å². The summed E-state index contributed by atoms with van der Waals surface area (Å²) in [7, 11) is 0. The number of rotatable bonds is 3. The van der Waals surface area contributed by atoms with Crippen molar-refractivity contribution in [2.24, 2.45) is 0 Å². The second-order valence-corrected chi connectivity index (χ2v) is 4.93. The Hall–Kier alpha value is -1.80. The van der Waals surface area contributed by atoms with Crippen LogP contribution < -0.4 is 5.32 Å². The van der Waals surface area contributed by atoms with Gasteiger partial charge in [-0.2, -0.15) is 0 Å². The number of anilines is 1. The van der Waals surface area contributed by atoms with Gasteiger partial charge in [0.2, 0.25) is 0 Å². The zero-order chi connectivity index (χ0) is 13.1. The molecule has 2 N–H and O–H groups in total. The van der Waals surface area contributed by atoms with Gasteiger partial charge in [-0.3, -0.25) is 4.79 Å². The molecule has 0 saturated carbocycles. The van der Waals surface area contributed by atoms with Crippen LogP contribution in [0, 0.1) is 0 Å². The number of amides is 1. The van der Waals surface area contributed by atoms with Crippen LogP contribution in [0.3, 0.4) is 0 Å². The first-order chi connectivity index (χ1) is 8.56. The molecule has 2 aromatic heterocycles. The number of aromatic nitrogens is 2. The maximum absolute atomic E-state index is 11.7. The predicted octanol–water partition coefficient (Wildman–Crippen LogP) is 2.25. The Kier molecular flexibility index (Phi) is 3.68. The molecular weight excluding hydrogens is 322 g/mol. The summed E-state index contributed by atoms with van der Waals surface area (Å²) in [5.41, 5.74) is -0.145. The van der Waals surface area contributed by atoms with E-state index in [1.807, 2.05) is 0 Å². The molecule has 0 unspecified atom stereocenters. The van der Waals surface area contributed by atoms with Gasteiger partial charge in [-0.05, 0) is 28.1 Å². The summed E-state index contributed by atoms with van der Waals surface area (Å²) in [5.74, 6) is -1.27. The quantitative estimate of drug-likeness (QED) is 0.901. The molecular formula is C10H6BrN3O3S. The maximum Gasteiger partial charge on any atom is 0.355 e. The van der Waals surface area contributed by atoms with Gasteiger partial charge in [0, 0.05) is 16.0 Å². The fourth-order valence-electron chi connectivity index (χ4n) is 1.10. The first-order valence-electron chi connectivity index (χ1n) is 4.68. The van der Waals surface area contributed by atoms with E-state index in [0.717, 1.165) is 15.8 Å². The average Bonchev–Trinajstić information content (AvgIpc) is 2.81. The lowest BCUT2D eigenvalue weighted by Crippen LogP contribution is -2.13. The molecule has 0 radical (unpaired) electrons.